The number of aryl methyl sites for hydroxylation is 1. The van der Waals surface area contributed by atoms with Crippen LogP contribution in [0.4, 0.5) is 0 Å². The van der Waals surface area contributed by atoms with Crippen molar-refractivity contribution in [3.63, 3.8) is 0 Å². The van der Waals surface area contributed by atoms with Crippen LogP contribution in [0.15, 0.2) is 48.3 Å². The molecule has 3 atom stereocenters. The number of ketones is 1. The predicted molar refractivity (Wildman–Crippen MR) is 151 cm³/mol. The summed E-state index contributed by atoms with van der Waals surface area (Å²) in [5.74, 6) is 2.46. The van der Waals surface area contributed by atoms with Crippen molar-refractivity contribution in [2.24, 2.45) is 17.3 Å². The topological polar surface area (TPSA) is 44.8 Å². The maximum absolute atomic E-state index is 13.8. The molecule has 0 radical (unpaired) electrons. The Morgan fingerprint density at radius 1 is 1.22 bits per heavy atom. The van der Waals surface area contributed by atoms with E-state index >= 15 is 0 Å². The van der Waals surface area contributed by atoms with E-state index < -0.39 is 13.7 Å². The molecule has 0 N–H and O–H groups in total. The summed E-state index contributed by atoms with van der Waals surface area (Å²) < 4.78 is 17.9. The van der Waals surface area contributed by atoms with Crippen LogP contribution in [0.25, 0.3) is 5.76 Å². The number of methoxy groups -OCH3 is 2. The molecule has 1 aromatic rings. The fourth-order valence-corrected chi connectivity index (χ4v) is 6.43. The van der Waals surface area contributed by atoms with Gasteiger partial charge >= 0.3 is 0 Å². The molecule has 3 rings (SSSR count). The van der Waals surface area contributed by atoms with Crippen molar-refractivity contribution in [2.45, 2.75) is 84.9 Å². The van der Waals surface area contributed by atoms with Crippen LogP contribution < -0.4 is 4.74 Å². The van der Waals surface area contributed by atoms with E-state index in [1.54, 1.807) is 20.5 Å². The van der Waals surface area contributed by atoms with E-state index in [0.29, 0.717) is 18.6 Å². The smallest absolute Gasteiger partial charge is 0.250 e. The molecule has 0 spiro atoms. The molecule has 0 amide bonds. The van der Waals surface area contributed by atoms with Gasteiger partial charge in [0.05, 0.1) is 20.5 Å². The first-order chi connectivity index (χ1) is 16.7. The van der Waals surface area contributed by atoms with Gasteiger partial charge in [0.1, 0.15) is 17.3 Å². The second-order valence-electron chi connectivity index (χ2n) is 12.4. The van der Waals surface area contributed by atoms with Gasteiger partial charge in [0.2, 0.25) is 0 Å². The number of ether oxygens (including phenoxy) is 2. The number of allylic oxidation sites excluding steroid dienone is 3. The van der Waals surface area contributed by atoms with Crippen LogP contribution in [0.1, 0.15) is 71.4 Å². The van der Waals surface area contributed by atoms with Gasteiger partial charge in [-0.1, -0.05) is 39.8 Å². The highest BCUT2D eigenvalue weighted by molar-refractivity contribution is 6.74. The zero-order chi connectivity index (χ0) is 26.9. The minimum atomic E-state index is -2.15. The summed E-state index contributed by atoms with van der Waals surface area (Å²) in [5.41, 5.74) is 4.29. The molecular weight excluding hydrogens is 464 g/mol. The fourth-order valence-electron chi connectivity index (χ4n) is 5.37. The van der Waals surface area contributed by atoms with Crippen LogP contribution in [0.3, 0.4) is 0 Å². The van der Waals surface area contributed by atoms with Gasteiger partial charge in [-0.2, -0.15) is 0 Å². The molecule has 0 aliphatic heterocycles. The molecular formula is C31H46O4Si. The highest BCUT2D eigenvalue weighted by atomic mass is 28.4. The molecule has 1 aromatic carbocycles. The van der Waals surface area contributed by atoms with E-state index in [4.69, 9.17) is 13.9 Å². The molecule has 0 unspecified atom stereocenters. The molecule has 5 heteroatoms. The first-order valence-electron chi connectivity index (χ1n) is 13.2. The van der Waals surface area contributed by atoms with Crippen LogP contribution in [0, 0.1) is 17.3 Å². The van der Waals surface area contributed by atoms with Crippen LogP contribution in [-0.4, -0.2) is 28.3 Å². The van der Waals surface area contributed by atoms with E-state index in [9.17, 15) is 4.79 Å². The minimum absolute atomic E-state index is 0.0579. The van der Waals surface area contributed by atoms with E-state index in [0.717, 1.165) is 41.9 Å². The summed E-state index contributed by atoms with van der Waals surface area (Å²) in [6, 6.07) is 6.32. The number of carbonyl (C=O) groups excluding carboxylic acids is 1. The van der Waals surface area contributed by atoms with Gasteiger partial charge in [-0.05, 0) is 98.0 Å². The lowest BCUT2D eigenvalue weighted by molar-refractivity contribution is -0.134. The third-order valence-electron chi connectivity index (χ3n) is 8.93. The van der Waals surface area contributed by atoms with Crippen LogP contribution in [-0.2, 0) is 20.4 Å². The van der Waals surface area contributed by atoms with Crippen LogP contribution >= 0.6 is 0 Å². The lowest BCUT2D eigenvalue weighted by Crippen LogP contribution is -2.45. The molecule has 0 heterocycles. The summed E-state index contributed by atoms with van der Waals surface area (Å²) in [7, 11) is 1.21. The Hall–Kier alpha value is -2.27. The summed E-state index contributed by atoms with van der Waals surface area (Å²) in [5, 5.41) is 0.0579. The number of fused-ring (bicyclic) bond motifs is 1. The number of rotatable bonds is 8. The Balaban J connectivity index is 2.23. The SMILES string of the molecule is C=C(C)[C@H]1CC(=O)[C@](C)(C/C=C/OC)[C@@H](C2=C(O[Si](C)(C)C(C)(C)C)c3ccc(OC)cc3CC2)C1. The zero-order valence-corrected chi connectivity index (χ0v) is 24.9. The maximum Gasteiger partial charge on any atom is 0.250 e. The third-order valence-corrected chi connectivity index (χ3v) is 13.3. The average molecular weight is 511 g/mol. The van der Waals surface area contributed by atoms with Gasteiger partial charge in [0, 0.05) is 17.4 Å². The number of Topliss-reactive ketones (excluding diaryl/α,β-unsaturated/α-hetero) is 1. The molecule has 1 fully saturated rings. The normalized spacial score (nSPS) is 25.1. The van der Waals surface area contributed by atoms with Crippen LogP contribution in [0.5, 0.6) is 5.75 Å². The van der Waals surface area contributed by atoms with Gasteiger partial charge in [-0.15, -0.1) is 0 Å². The summed E-state index contributed by atoms with van der Waals surface area (Å²) in [4.78, 5) is 13.8. The second-order valence-corrected chi connectivity index (χ2v) is 17.2. The van der Waals surface area contributed by atoms with Gasteiger partial charge < -0.3 is 13.9 Å². The Morgan fingerprint density at radius 3 is 2.50 bits per heavy atom. The van der Waals surface area contributed by atoms with Gasteiger partial charge in [0.25, 0.3) is 8.32 Å². The molecule has 2 aliphatic rings. The zero-order valence-electron chi connectivity index (χ0n) is 23.9. The van der Waals surface area contributed by atoms with Crippen molar-refractivity contribution in [1.29, 1.82) is 0 Å². The first-order valence-corrected chi connectivity index (χ1v) is 16.1. The number of benzene rings is 1. The van der Waals surface area contributed by atoms with E-state index in [-0.39, 0.29) is 16.9 Å². The van der Waals surface area contributed by atoms with Gasteiger partial charge in [0.15, 0.2) is 0 Å². The van der Waals surface area contributed by atoms with Crippen molar-refractivity contribution < 1.29 is 18.7 Å². The van der Waals surface area contributed by atoms with Gasteiger partial charge in [-0.25, -0.2) is 0 Å². The summed E-state index contributed by atoms with van der Waals surface area (Å²) in [6.45, 7) is 19.9. The quantitative estimate of drug-likeness (QED) is 0.201. The third kappa shape index (κ3) is 5.51. The predicted octanol–water partition coefficient (Wildman–Crippen LogP) is 8.10. The van der Waals surface area contributed by atoms with E-state index in [1.165, 1.54) is 11.1 Å². The molecule has 1 saturated carbocycles. The van der Waals surface area contributed by atoms with Crippen LogP contribution in [0.2, 0.25) is 18.1 Å². The number of hydrogen-bond donors (Lipinski definition) is 0. The molecule has 198 valence electrons. The van der Waals surface area contributed by atoms with Crippen molar-refractivity contribution in [3.8, 4) is 5.75 Å². The second kappa shape index (κ2) is 10.6. The molecule has 0 aromatic heterocycles. The summed E-state index contributed by atoms with van der Waals surface area (Å²) >= 11 is 0. The first kappa shape index (κ1) is 28.3. The standard InChI is InChI=1S/C31H46O4Si/c1-21(2)23-19-27(31(6,28(32)20-23)16-11-17-33-7)26-14-12-22-18-24(34-8)13-15-25(22)29(26)35-36(9,10)30(3,4)5/h11,13,15,17-18,23,27H,1,12,14,16,19-20H2,2-10H3/b17-11+/t23-,27-,31-/m1/s1. The Labute approximate surface area is 219 Å². The van der Waals surface area contributed by atoms with Gasteiger partial charge in [-0.3, -0.25) is 4.79 Å². The molecule has 0 bridgehead atoms. The molecule has 36 heavy (non-hydrogen) atoms. The Morgan fingerprint density at radius 2 is 1.92 bits per heavy atom. The summed E-state index contributed by atoms with van der Waals surface area (Å²) in [6.07, 6.45) is 7.63. The number of hydrogen-bond acceptors (Lipinski definition) is 4. The number of carbonyl (C=O) groups is 1. The maximum atomic E-state index is 13.8. The van der Waals surface area contributed by atoms with E-state index in [1.807, 2.05) is 12.1 Å². The highest BCUT2D eigenvalue weighted by Gasteiger charge is 2.49. The fraction of sp³-hybridized carbons (Fsp3) is 0.581. The van der Waals surface area contributed by atoms with Crippen molar-refractivity contribution in [3.05, 3.63) is 59.4 Å². The molecule has 0 saturated heterocycles. The molecule has 4 nitrogen and oxygen atoms in total. The molecule has 2 aliphatic carbocycles. The van der Waals surface area contributed by atoms with E-state index in [2.05, 4.69) is 66.4 Å². The van der Waals surface area contributed by atoms with Crippen molar-refractivity contribution in [2.75, 3.05) is 14.2 Å². The highest BCUT2D eigenvalue weighted by Crippen LogP contribution is 2.53. The van der Waals surface area contributed by atoms with Crippen molar-refractivity contribution >= 4 is 19.9 Å². The monoisotopic (exact) mass is 510 g/mol. The lowest BCUT2D eigenvalue weighted by Gasteiger charge is -2.47. The Kier molecular flexibility index (Phi) is 8.34. The largest absolute Gasteiger partial charge is 0.543 e. The average Bonchev–Trinajstić information content (AvgIpc) is 2.80. The van der Waals surface area contributed by atoms with Crippen molar-refractivity contribution in [1.82, 2.24) is 0 Å². The lowest BCUT2D eigenvalue weighted by atomic mass is 9.57. The Bertz CT molecular complexity index is 1060. The minimum Gasteiger partial charge on any atom is -0.543 e.